The molecule has 1 unspecified atom stereocenters. The normalized spacial score (nSPS) is 13.3. The number of rotatable bonds is 5. The molecule has 0 bridgehead atoms. The fourth-order valence-electron chi connectivity index (χ4n) is 1.53. The molecule has 2 N–H and O–H groups in total. The van der Waals surface area contributed by atoms with Crippen LogP contribution in [0.3, 0.4) is 0 Å². The van der Waals surface area contributed by atoms with Crippen molar-refractivity contribution in [1.29, 1.82) is 0 Å². The Labute approximate surface area is 131 Å². The number of benzene rings is 1. The first-order chi connectivity index (χ1) is 9.40. The Kier molecular flexibility index (Phi) is 5.06. The van der Waals surface area contributed by atoms with Crippen LogP contribution in [-0.2, 0) is 10.0 Å². The predicted molar refractivity (Wildman–Crippen MR) is 80.9 cm³/mol. The van der Waals surface area contributed by atoms with Crippen molar-refractivity contribution in [3.8, 4) is 0 Å². The molecule has 108 valence electrons. The lowest BCUT2D eigenvalue weighted by Gasteiger charge is -2.12. The predicted octanol–water partition coefficient (Wildman–Crippen LogP) is 3.07. The maximum absolute atomic E-state index is 12.1. The molecule has 0 saturated heterocycles. The van der Waals surface area contributed by atoms with E-state index < -0.39 is 16.1 Å². The minimum Gasteiger partial charge on any atom is -0.386 e. The molecule has 0 aliphatic carbocycles. The van der Waals surface area contributed by atoms with E-state index in [0.29, 0.717) is 4.88 Å². The van der Waals surface area contributed by atoms with Crippen molar-refractivity contribution in [2.75, 3.05) is 6.54 Å². The summed E-state index contributed by atoms with van der Waals surface area (Å²) in [5, 5.41) is 12.0. The lowest BCUT2D eigenvalue weighted by molar-refractivity contribution is 0.186. The first-order valence-corrected chi connectivity index (χ1v) is 8.68. The highest BCUT2D eigenvalue weighted by atomic mass is 35.5. The average Bonchev–Trinajstić information content (AvgIpc) is 2.93. The lowest BCUT2D eigenvalue weighted by Crippen LogP contribution is -2.28. The van der Waals surface area contributed by atoms with Crippen LogP contribution < -0.4 is 4.72 Å². The Morgan fingerprint density at radius 1 is 1.30 bits per heavy atom. The van der Waals surface area contributed by atoms with Gasteiger partial charge in [-0.1, -0.05) is 29.3 Å². The molecule has 0 spiro atoms. The van der Waals surface area contributed by atoms with Gasteiger partial charge < -0.3 is 5.11 Å². The molecule has 8 heteroatoms. The number of aliphatic hydroxyl groups is 1. The number of thiophene rings is 1. The van der Waals surface area contributed by atoms with Gasteiger partial charge in [0.25, 0.3) is 0 Å². The summed E-state index contributed by atoms with van der Waals surface area (Å²) < 4.78 is 26.6. The van der Waals surface area contributed by atoms with Gasteiger partial charge in [0.05, 0.1) is 5.02 Å². The van der Waals surface area contributed by atoms with Gasteiger partial charge in [-0.2, -0.15) is 0 Å². The summed E-state index contributed by atoms with van der Waals surface area (Å²) in [6, 6.07) is 7.70. The minimum absolute atomic E-state index is 0.0764. The summed E-state index contributed by atoms with van der Waals surface area (Å²) in [4.78, 5) is 0.579. The van der Waals surface area contributed by atoms with Crippen LogP contribution in [-0.4, -0.2) is 20.1 Å². The van der Waals surface area contributed by atoms with Gasteiger partial charge in [0.2, 0.25) is 10.0 Å². The Bertz CT molecular complexity index is 687. The fourth-order valence-corrected chi connectivity index (χ4v) is 4.04. The first kappa shape index (κ1) is 15.8. The standard InChI is InChI=1S/C12H11Cl2NO3S2/c13-8-3-4-9(14)12(6-8)20(17,18)15-7-10(16)11-2-1-5-19-11/h1-6,10,15-16H,7H2. The van der Waals surface area contributed by atoms with Gasteiger partial charge in [-0.3, -0.25) is 0 Å². The topological polar surface area (TPSA) is 66.4 Å². The molecular weight excluding hydrogens is 341 g/mol. The molecule has 1 aromatic carbocycles. The van der Waals surface area contributed by atoms with E-state index in [-0.39, 0.29) is 21.5 Å². The van der Waals surface area contributed by atoms with Gasteiger partial charge in [-0.05, 0) is 29.6 Å². The molecule has 0 saturated carbocycles. The van der Waals surface area contributed by atoms with Crippen LogP contribution in [0.1, 0.15) is 11.0 Å². The summed E-state index contributed by atoms with van der Waals surface area (Å²) in [6.07, 6.45) is -0.900. The van der Waals surface area contributed by atoms with Crippen molar-refractivity contribution >= 4 is 44.6 Å². The number of aliphatic hydroxyl groups excluding tert-OH is 1. The van der Waals surface area contributed by atoms with Gasteiger partial charge in [-0.25, -0.2) is 13.1 Å². The molecule has 1 aromatic heterocycles. The van der Waals surface area contributed by atoms with E-state index in [1.54, 1.807) is 17.5 Å². The van der Waals surface area contributed by atoms with Crippen molar-refractivity contribution in [1.82, 2.24) is 4.72 Å². The zero-order valence-electron chi connectivity index (χ0n) is 10.1. The molecule has 1 heterocycles. The number of nitrogens with one attached hydrogen (secondary N) is 1. The monoisotopic (exact) mass is 351 g/mol. The smallest absolute Gasteiger partial charge is 0.242 e. The van der Waals surface area contributed by atoms with Crippen LogP contribution in [0.5, 0.6) is 0 Å². The molecule has 0 amide bonds. The third-order valence-electron chi connectivity index (χ3n) is 2.52. The van der Waals surface area contributed by atoms with E-state index in [1.165, 1.54) is 29.5 Å². The number of hydrogen-bond donors (Lipinski definition) is 2. The summed E-state index contributed by atoms with van der Waals surface area (Å²) in [5.41, 5.74) is 0. The third-order valence-corrected chi connectivity index (χ3v) is 5.63. The van der Waals surface area contributed by atoms with Crippen molar-refractivity contribution in [2.45, 2.75) is 11.0 Å². The molecular formula is C12H11Cl2NO3S2. The summed E-state index contributed by atoms with van der Waals surface area (Å²) in [7, 11) is -3.82. The minimum atomic E-state index is -3.82. The Morgan fingerprint density at radius 3 is 2.70 bits per heavy atom. The second-order valence-corrected chi connectivity index (χ2v) is 7.52. The van der Waals surface area contributed by atoms with Crippen LogP contribution >= 0.6 is 34.5 Å². The molecule has 20 heavy (non-hydrogen) atoms. The Hall–Kier alpha value is -0.630. The van der Waals surface area contributed by atoms with E-state index in [9.17, 15) is 13.5 Å². The van der Waals surface area contributed by atoms with Crippen LogP contribution in [0, 0.1) is 0 Å². The Morgan fingerprint density at radius 2 is 2.05 bits per heavy atom. The second-order valence-electron chi connectivity index (χ2n) is 3.96. The molecule has 2 aromatic rings. The maximum Gasteiger partial charge on any atom is 0.242 e. The molecule has 0 aliphatic heterocycles. The highest BCUT2D eigenvalue weighted by Crippen LogP contribution is 2.25. The zero-order chi connectivity index (χ0) is 14.8. The van der Waals surface area contributed by atoms with Gasteiger partial charge in [0.15, 0.2) is 0 Å². The molecule has 0 fully saturated rings. The van der Waals surface area contributed by atoms with Crippen molar-refractivity contribution in [3.05, 3.63) is 50.6 Å². The van der Waals surface area contributed by atoms with Crippen LogP contribution in [0.2, 0.25) is 10.0 Å². The van der Waals surface area contributed by atoms with Crippen molar-refractivity contribution in [3.63, 3.8) is 0 Å². The van der Waals surface area contributed by atoms with E-state index in [4.69, 9.17) is 23.2 Å². The number of halogens is 2. The lowest BCUT2D eigenvalue weighted by atomic mass is 10.3. The van der Waals surface area contributed by atoms with E-state index in [1.807, 2.05) is 0 Å². The number of sulfonamides is 1. The summed E-state index contributed by atoms with van der Waals surface area (Å²) in [5.74, 6) is 0. The van der Waals surface area contributed by atoms with E-state index in [0.717, 1.165) is 0 Å². The van der Waals surface area contributed by atoms with Gasteiger partial charge in [0, 0.05) is 16.4 Å². The largest absolute Gasteiger partial charge is 0.386 e. The SMILES string of the molecule is O=S(=O)(NCC(O)c1cccs1)c1cc(Cl)ccc1Cl. The molecule has 1 atom stereocenters. The molecule has 0 aliphatic rings. The number of hydrogen-bond acceptors (Lipinski definition) is 4. The highest BCUT2D eigenvalue weighted by molar-refractivity contribution is 7.89. The average molecular weight is 352 g/mol. The quantitative estimate of drug-likeness (QED) is 0.869. The molecule has 4 nitrogen and oxygen atoms in total. The summed E-state index contributed by atoms with van der Waals surface area (Å²) >= 11 is 13.0. The zero-order valence-corrected chi connectivity index (χ0v) is 13.2. The van der Waals surface area contributed by atoms with Crippen LogP contribution in [0.4, 0.5) is 0 Å². The maximum atomic E-state index is 12.1. The van der Waals surface area contributed by atoms with Crippen molar-refractivity contribution in [2.24, 2.45) is 0 Å². The third kappa shape index (κ3) is 3.72. The van der Waals surface area contributed by atoms with Gasteiger partial charge in [-0.15, -0.1) is 11.3 Å². The Balaban J connectivity index is 2.13. The van der Waals surface area contributed by atoms with Crippen LogP contribution in [0.15, 0.2) is 40.6 Å². The van der Waals surface area contributed by atoms with Crippen molar-refractivity contribution < 1.29 is 13.5 Å². The van der Waals surface area contributed by atoms with E-state index in [2.05, 4.69) is 4.72 Å². The van der Waals surface area contributed by atoms with Gasteiger partial charge >= 0.3 is 0 Å². The highest BCUT2D eigenvalue weighted by Gasteiger charge is 2.20. The summed E-state index contributed by atoms with van der Waals surface area (Å²) in [6.45, 7) is -0.133. The van der Waals surface area contributed by atoms with Crippen LogP contribution in [0.25, 0.3) is 0 Å². The van der Waals surface area contributed by atoms with E-state index >= 15 is 0 Å². The molecule has 0 radical (unpaired) electrons. The van der Waals surface area contributed by atoms with Gasteiger partial charge in [0.1, 0.15) is 11.0 Å². The molecule has 2 rings (SSSR count). The fraction of sp³-hybridized carbons (Fsp3) is 0.167. The second kappa shape index (κ2) is 6.43. The first-order valence-electron chi connectivity index (χ1n) is 5.56.